The van der Waals surface area contributed by atoms with Gasteiger partial charge in [-0.1, -0.05) is 30.9 Å². The quantitative estimate of drug-likeness (QED) is 0.893. The molecule has 2 rings (SSSR count). The van der Waals surface area contributed by atoms with Gasteiger partial charge >= 0.3 is 0 Å². The van der Waals surface area contributed by atoms with Gasteiger partial charge in [0.1, 0.15) is 5.82 Å². The first-order valence-corrected chi connectivity index (χ1v) is 6.90. The molecule has 3 N–H and O–H groups in total. The van der Waals surface area contributed by atoms with E-state index in [-0.39, 0.29) is 18.0 Å². The summed E-state index contributed by atoms with van der Waals surface area (Å²) in [4.78, 5) is 11.9. The van der Waals surface area contributed by atoms with Gasteiger partial charge < -0.3 is 11.1 Å². The smallest absolute Gasteiger partial charge is 0.226 e. The minimum atomic E-state index is -0.532. The minimum Gasteiger partial charge on any atom is -0.325 e. The molecule has 0 aromatic heterocycles. The summed E-state index contributed by atoms with van der Waals surface area (Å²) in [5.41, 5.74) is 5.91. The van der Waals surface area contributed by atoms with Crippen LogP contribution in [0.2, 0.25) is 5.02 Å². The third kappa shape index (κ3) is 3.91. The second kappa shape index (κ2) is 5.88. The van der Waals surface area contributed by atoms with E-state index in [2.05, 4.69) is 5.32 Å². The second-order valence-corrected chi connectivity index (χ2v) is 5.71. The number of carbonyl (C=O) groups excluding carboxylic acids is 1. The molecule has 0 radical (unpaired) electrons. The molecule has 1 saturated carbocycles. The Morgan fingerprint density at radius 1 is 1.37 bits per heavy atom. The highest BCUT2D eigenvalue weighted by Gasteiger charge is 2.30. The average Bonchev–Trinajstić information content (AvgIpc) is 2.33. The van der Waals surface area contributed by atoms with E-state index in [1.165, 1.54) is 18.6 Å². The monoisotopic (exact) mass is 284 g/mol. The van der Waals surface area contributed by atoms with Gasteiger partial charge in [0, 0.05) is 17.0 Å². The molecule has 0 heterocycles. The maximum atomic E-state index is 13.6. The molecule has 5 heteroatoms. The number of nitrogens with one attached hydrogen (secondary N) is 1. The van der Waals surface area contributed by atoms with Crippen LogP contribution < -0.4 is 11.1 Å². The number of carbonyl (C=O) groups is 1. The number of hydrogen-bond acceptors (Lipinski definition) is 2. The highest BCUT2D eigenvalue weighted by molar-refractivity contribution is 6.30. The number of hydrogen-bond donors (Lipinski definition) is 2. The molecule has 19 heavy (non-hydrogen) atoms. The van der Waals surface area contributed by atoms with Crippen molar-refractivity contribution in [2.45, 2.75) is 44.1 Å². The van der Waals surface area contributed by atoms with Crippen molar-refractivity contribution in [3.63, 3.8) is 0 Å². The molecule has 0 spiro atoms. The third-order valence-electron chi connectivity index (χ3n) is 3.57. The SMILES string of the molecule is NC1(CC(=O)Nc2ccc(Cl)cc2F)CCCCC1. The van der Waals surface area contributed by atoms with Gasteiger partial charge in [-0.25, -0.2) is 4.39 Å². The van der Waals surface area contributed by atoms with Gasteiger partial charge in [-0.2, -0.15) is 0 Å². The van der Waals surface area contributed by atoms with Crippen LogP contribution in [0.1, 0.15) is 38.5 Å². The van der Waals surface area contributed by atoms with E-state index in [1.807, 2.05) is 0 Å². The van der Waals surface area contributed by atoms with Crippen LogP contribution in [0.5, 0.6) is 0 Å². The molecule has 1 aromatic rings. The van der Waals surface area contributed by atoms with Crippen LogP contribution in [-0.2, 0) is 4.79 Å². The largest absolute Gasteiger partial charge is 0.325 e. The highest BCUT2D eigenvalue weighted by Crippen LogP contribution is 2.29. The van der Waals surface area contributed by atoms with E-state index in [9.17, 15) is 9.18 Å². The lowest BCUT2D eigenvalue weighted by molar-refractivity contribution is -0.117. The topological polar surface area (TPSA) is 55.1 Å². The molecule has 104 valence electrons. The summed E-state index contributed by atoms with van der Waals surface area (Å²) in [6, 6.07) is 4.18. The molecule has 0 aliphatic heterocycles. The number of anilines is 1. The highest BCUT2D eigenvalue weighted by atomic mass is 35.5. The Labute approximate surface area is 117 Å². The van der Waals surface area contributed by atoms with Crippen molar-refractivity contribution in [1.82, 2.24) is 0 Å². The molecule has 0 unspecified atom stereocenters. The zero-order valence-electron chi connectivity index (χ0n) is 10.7. The summed E-state index contributed by atoms with van der Waals surface area (Å²) >= 11 is 5.66. The summed E-state index contributed by atoms with van der Waals surface area (Å²) in [5.74, 6) is -0.777. The summed E-state index contributed by atoms with van der Waals surface area (Å²) < 4.78 is 13.6. The van der Waals surface area contributed by atoms with Crippen LogP contribution in [0.15, 0.2) is 18.2 Å². The molecule has 1 aliphatic rings. The Bertz CT molecular complexity index is 473. The summed E-state index contributed by atoms with van der Waals surface area (Å²) in [6.45, 7) is 0. The predicted octanol–water partition coefficient (Wildman–Crippen LogP) is 3.47. The number of amides is 1. The van der Waals surface area contributed by atoms with Gasteiger partial charge in [0.05, 0.1) is 5.69 Å². The first-order valence-electron chi connectivity index (χ1n) is 6.52. The normalized spacial score (nSPS) is 18.1. The standard InChI is InChI=1S/C14H18ClFN2O/c15-10-4-5-12(11(16)8-10)18-13(19)9-14(17)6-2-1-3-7-14/h4-5,8H,1-3,6-7,9,17H2,(H,18,19). The molecule has 3 nitrogen and oxygen atoms in total. The van der Waals surface area contributed by atoms with E-state index in [4.69, 9.17) is 17.3 Å². The lowest BCUT2D eigenvalue weighted by Crippen LogP contribution is -2.44. The van der Waals surface area contributed by atoms with Gasteiger partial charge in [0.15, 0.2) is 0 Å². The zero-order chi connectivity index (χ0) is 13.9. The van der Waals surface area contributed by atoms with Crippen molar-refractivity contribution < 1.29 is 9.18 Å². The van der Waals surface area contributed by atoms with E-state index in [1.54, 1.807) is 6.07 Å². The van der Waals surface area contributed by atoms with Crippen LogP contribution >= 0.6 is 11.6 Å². The molecule has 0 saturated heterocycles. The van der Waals surface area contributed by atoms with E-state index in [0.29, 0.717) is 5.02 Å². The van der Waals surface area contributed by atoms with E-state index < -0.39 is 11.4 Å². The molecular formula is C14H18ClFN2O. The Hall–Kier alpha value is -1.13. The zero-order valence-corrected chi connectivity index (χ0v) is 11.5. The Balaban J connectivity index is 1.97. The number of nitrogens with two attached hydrogens (primary N) is 1. The maximum Gasteiger partial charge on any atom is 0.226 e. The lowest BCUT2D eigenvalue weighted by Gasteiger charge is -2.32. The maximum absolute atomic E-state index is 13.6. The molecule has 0 atom stereocenters. The van der Waals surface area contributed by atoms with Crippen molar-refractivity contribution in [3.8, 4) is 0 Å². The number of benzene rings is 1. The predicted molar refractivity (Wildman–Crippen MR) is 74.7 cm³/mol. The van der Waals surface area contributed by atoms with Gasteiger partial charge in [-0.3, -0.25) is 4.79 Å². The fourth-order valence-electron chi connectivity index (χ4n) is 2.54. The molecule has 1 aliphatic carbocycles. The average molecular weight is 285 g/mol. The van der Waals surface area contributed by atoms with Crippen molar-refractivity contribution in [2.24, 2.45) is 5.73 Å². The van der Waals surface area contributed by atoms with Gasteiger partial charge in [-0.15, -0.1) is 0 Å². The van der Waals surface area contributed by atoms with E-state index >= 15 is 0 Å². The van der Waals surface area contributed by atoms with Crippen LogP contribution in [-0.4, -0.2) is 11.4 Å². The molecular weight excluding hydrogens is 267 g/mol. The summed E-state index contributed by atoms with van der Waals surface area (Å²) in [6.07, 6.45) is 5.21. The molecule has 1 amide bonds. The summed E-state index contributed by atoms with van der Waals surface area (Å²) in [7, 11) is 0. The Morgan fingerprint density at radius 2 is 2.05 bits per heavy atom. The second-order valence-electron chi connectivity index (χ2n) is 5.27. The number of halogens is 2. The fourth-order valence-corrected chi connectivity index (χ4v) is 2.70. The Morgan fingerprint density at radius 3 is 2.68 bits per heavy atom. The van der Waals surface area contributed by atoms with Gasteiger partial charge in [0.25, 0.3) is 0 Å². The van der Waals surface area contributed by atoms with Crippen molar-refractivity contribution >= 4 is 23.2 Å². The van der Waals surface area contributed by atoms with Crippen LogP contribution in [0, 0.1) is 5.82 Å². The van der Waals surface area contributed by atoms with Crippen molar-refractivity contribution in [2.75, 3.05) is 5.32 Å². The molecule has 0 bridgehead atoms. The van der Waals surface area contributed by atoms with Crippen molar-refractivity contribution in [3.05, 3.63) is 29.0 Å². The Kier molecular flexibility index (Phi) is 4.42. The molecule has 1 fully saturated rings. The fraction of sp³-hybridized carbons (Fsp3) is 0.500. The summed E-state index contributed by atoms with van der Waals surface area (Å²) in [5, 5.41) is 2.86. The van der Waals surface area contributed by atoms with Crippen LogP contribution in [0.25, 0.3) is 0 Å². The first kappa shape index (κ1) is 14.3. The third-order valence-corrected chi connectivity index (χ3v) is 3.80. The number of rotatable bonds is 3. The van der Waals surface area contributed by atoms with Crippen molar-refractivity contribution in [1.29, 1.82) is 0 Å². The van der Waals surface area contributed by atoms with Crippen LogP contribution in [0.4, 0.5) is 10.1 Å². The van der Waals surface area contributed by atoms with E-state index in [0.717, 1.165) is 25.7 Å². The minimum absolute atomic E-state index is 0.147. The van der Waals surface area contributed by atoms with Gasteiger partial charge in [0.2, 0.25) is 5.91 Å². The molecule has 1 aromatic carbocycles. The lowest BCUT2D eigenvalue weighted by atomic mass is 9.80. The van der Waals surface area contributed by atoms with Gasteiger partial charge in [-0.05, 0) is 31.0 Å². The van der Waals surface area contributed by atoms with Crippen LogP contribution in [0.3, 0.4) is 0 Å². The first-order chi connectivity index (χ1) is 8.98.